The van der Waals surface area contributed by atoms with Crippen molar-refractivity contribution in [2.24, 2.45) is 0 Å². The number of ether oxygens (including phenoxy) is 2. The number of rotatable bonds is 5. The molecule has 2 aliphatic heterocycles. The zero-order valence-electron chi connectivity index (χ0n) is 15.0. The topological polar surface area (TPSA) is 156 Å². The van der Waals surface area contributed by atoms with Gasteiger partial charge in [0.05, 0.1) is 5.75 Å². The van der Waals surface area contributed by atoms with Gasteiger partial charge in [-0.25, -0.2) is 18.0 Å². The number of nitrogens with zero attached hydrogens (tertiary/aromatic N) is 1. The predicted molar refractivity (Wildman–Crippen MR) is 91.4 cm³/mol. The number of hydrogen-bond acceptors (Lipinski definition) is 8. The van der Waals surface area contributed by atoms with Crippen LogP contribution in [0.15, 0.2) is 11.3 Å². The van der Waals surface area contributed by atoms with Gasteiger partial charge in [0.2, 0.25) is 0 Å². The van der Waals surface area contributed by atoms with Crippen molar-refractivity contribution < 1.29 is 42.2 Å². The van der Waals surface area contributed by atoms with E-state index in [0.717, 1.165) is 19.8 Å². The molecule has 2 amide bonds. The van der Waals surface area contributed by atoms with E-state index < -0.39 is 63.2 Å². The number of nitrogens with one attached hydrogen (secondary N) is 1. The van der Waals surface area contributed by atoms with Gasteiger partial charge in [0.15, 0.2) is 15.2 Å². The number of esters is 1. The summed E-state index contributed by atoms with van der Waals surface area (Å²) >= 11 is 0. The Morgan fingerprint density at radius 3 is 2.46 bits per heavy atom. The Morgan fingerprint density at radius 1 is 1.25 bits per heavy atom. The zero-order valence-corrected chi connectivity index (χ0v) is 15.9. The van der Waals surface area contributed by atoms with Crippen LogP contribution in [-0.2, 0) is 33.7 Å². The highest BCUT2D eigenvalue weighted by molar-refractivity contribution is 7.92. The summed E-state index contributed by atoms with van der Waals surface area (Å²) in [5.74, 6) is -3.83. The molecule has 3 rings (SSSR count). The molecule has 0 aromatic heterocycles. The van der Waals surface area contributed by atoms with Gasteiger partial charge in [-0.1, -0.05) is 0 Å². The summed E-state index contributed by atoms with van der Waals surface area (Å²) in [6.07, 6.45) is 2.05. The van der Waals surface area contributed by atoms with Crippen LogP contribution in [0.4, 0.5) is 4.79 Å². The lowest BCUT2D eigenvalue weighted by atomic mass is 10.0. The highest BCUT2D eigenvalue weighted by Crippen LogP contribution is 2.37. The second-order valence-corrected chi connectivity index (χ2v) is 8.97. The van der Waals surface area contributed by atoms with E-state index in [1.165, 1.54) is 0 Å². The molecule has 3 aliphatic rings. The number of fused-ring (bicyclic) bond motifs is 1. The number of alkyl carbamates (subject to hydrolysis) is 1. The molecule has 1 saturated heterocycles. The monoisotopic (exact) mass is 416 g/mol. The van der Waals surface area contributed by atoms with E-state index in [1.54, 1.807) is 0 Å². The number of carbonyl (C=O) groups excluding carboxylic acids is 3. The molecule has 0 radical (unpaired) electrons. The first kappa shape index (κ1) is 20.1. The summed E-state index contributed by atoms with van der Waals surface area (Å²) in [5.41, 5.74) is -0.757. The average Bonchev–Trinajstić information content (AvgIpc) is 3.09. The molecule has 154 valence electrons. The summed E-state index contributed by atoms with van der Waals surface area (Å²) in [6.45, 7) is 0.528. The summed E-state index contributed by atoms with van der Waals surface area (Å²) in [6, 6.07) is -1.43. The Hall–Kier alpha value is -2.63. The van der Waals surface area contributed by atoms with E-state index in [-0.39, 0.29) is 11.7 Å². The summed E-state index contributed by atoms with van der Waals surface area (Å²) in [7, 11) is -4.02. The van der Waals surface area contributed by atoms with Crippen LogP contribution in [-0.4, -0.2) is 72.2 Å². The van der Waals surface area contributed by atoms with E-state index in [9.17, 15) is 32.7 Å². The molecule has 2 atom stereocenters. The first-order valence-electron chi connectivity index (χ1n) is 8.72. The highest BCUT2D eigenvalue weighted by Gasteiger charge is 2.60. The van der Waals surface area contributed by atoms with E-state index in [4.69, 9.17) is 9.47 Å². The van der Waals surface area contributed by atoms with Crippen molar-refractivity contribution in [2.75, 3.05) is 12.4 Å². The van der Waals surface area contributed by atoms with Crippen LogP contribution in [0.5, 0.6) is 0 Å². The van der Waals surface area contributed by atoms with Crippen LogP contribution in [0, 0.1) is 0 Å². The Labute approximate surface area is 160 Å². The molecular formula is C16H20N2O9S. The molecule has 1 saturated carbocycles. The first-order chi connectivity index (χ1) is 13.1. The minimum absolute atomic E-state index is 0.209. The van der Waals surface area contributed by atoms with Crippen molar-refractivity contribution >= 4 is 33.8 Å². The fraction of sp³-hybridized carbons (Fsp3) is 0.625. The van der Waals surface area contributed by atoms with Crippen LogP contribution in [0.25, 0.3) is 0 Å². The molecule has 1 aliphatic carbocycles. The number of carboxylic acids is 1. The summed E-state index contributed by atoms with van der Waals surface area (Å²) in [5, 5.41) is 10.1. The summed E-state index contributed by atoms with van der Waals surface area (Å²) in [4.78, 5) is 47.7. The normalized spacial score (nSPS) is 26.3. The minimum atomic E-state index is -4.02. The molecule has 2 N–H and O–H groups in total. The molecule has 0 unspecified atom stereocenters. The number of amides is 2. The molecule has 0 aromatic carbocycles. The Morgan fingerprint density at radius 2 is 1.89 bits per heavy atom. The maximum atomic E-state index is 12.6. The maximum Gasteiger partial charge on any atom is 0.408 e. The van der Waals surface area contributed by atoms with Crippen LogP contribution in [0.2, 0.25) is 0 Å². The number of aliphatic carboxylic acids is 1. The smallest absolute Gasteiger partial charge is 0.408 e. The van der Waals surface area contributed by atoms with Gasteiger partial charge in [-0.2, -0.15) is 0 Å². The molecule has 11 nitrogen and oxygen atoms in total. The minimum Gasteiger partial charge on any atom is -0.477 e. The Bertz CT molecular complexity index is 857. The quantitative estimate of drug-likeness (QED) is 0.446. The van der Waals surface area contributed by atoms with Crippen molar-refractivity contribution in [3.05, 3.63) is 11.3 Å². The lowest BCUT2D eigenvalue weighted by Crippen LogP contribution is -2.75. The summed E-state index contributed by atoms with van der Waals surface area (Å²) < 4.78 is 35.1. The molecular weight excluding hydrogens is 396 g/mol. The van der Waals surface area contributed by atoms with Crippen molar-refractivity contribution in [2.45, 2.75) is 50.1 Å². The lowest BCUT2D eigenvalue weighted by molar-refractivity contribution is -0.149. The van der Waals surface area contributed by atoms with Crippen molar-refractivity contribution in [3.8, 4) is 0 Å². The highest BCUT2D eigenvalue weighted by atomic mass is 32.2. The standard InChI is InChI=1S/C16H20N2O9S/c1-8(19)26-6-9-7-28(24,25)14-11(13(20)18(14)12(9)15(21)22)17-16(23)27-10-4-2-3-5-10/h10-11,14H,2-7H2,1H3,(H,17,23)(H,21,22)/t11-,14-/m1/s1. The van der Waals surface area contributed by atoms with Crippen LogP contribution in [0.1, 0.15) is 32.6 Å². The number of hydrogen-bond donors (Lipinski definition) is 2. The van der Waals surface area contributed by atoms with Gasteiger partial charge in [0.25, 0.3) is 5.91 Å². The van der Waals surface area contributed by atoms with E-state index in [2.05, 4.69) is 5.32 Å². The Kier molecular flexibility index (Phi) is 5.33. The van der Waals surface area contributed by atoms with Crippen LogP contribution >= 0.6 is 0 Å². The van der Waals surface area contributed by atoms with Crippen molar-refractivity contribution in [1.82, 2.24) is 10.2 Å². The first-order valence-corrected chi connectivity index (χ1v) is 10.4. The fourth-order valence-corrected chi connectivity index (χ4v) is 5.65. The Balaban J connectivity index is 1.80. The molecule has 0 spiro atoms. The molecule has 2 heterocycles. The van der Waals surface area contributed by atoms with Gasteiger partial charge in [-0.05, 0) is 25.7 Å². The second kappa shape index (κ2) is 7.41. The molecule has 12 heteroatoms. The van der Waals surface area contributed by atoms with Crippen molar-refractivity contribution in [3.63, 3.8) is 0 Å². The van der Waals surface area contributed by atoms with E-state index in [1.807, 2.05) is 0 Å². The zero-order chi connectivity index (χ0) is 20.6. The van der Waals surface area contributed by atoms with Gasteiger partial charge in [-0.15, -0.1) is 0 Å². The fourth-order valence-electron chi connectivity index (χ4n) is 3.64. The van der Waals surface area contributed by atoms with E-state index >= 15 is 0 Å². The lowest BCUT2D eigenvalue weighted by Gasteiger charge is -2.48. The number of carboxylic acid groups (broad SMARTS) is 1. The number of β-lactam (4-membered cyclic amide) rings is 1. The van der Waals surface area contributed by atoms with Gasteiger partial charge in [0.1, 0.15) is 24.4 Å². The number of sulfone groups is 1. The van der Waals surface area contributed by atoms with E-state index in [0.29, 0.717) is 17.7 Å². The predicted octanol–water partition coefficient (Wildman–Crippen LogP) is -0.478. The van der Waals surface area contributed by atoms with Crippen molar-refractivity contribution in [1.29, 1.82) is 0 Å². The molecule has 0 bridgehead atoms. The molecule has 2 fully saturated rings. The molecule has 0 aromatic rings. The third-order valence-corrected chi connectivity index (χ3v) is 6.83. The van der Waals surface area contributed by atoms with Gasteiger partial charge in [0, 0.05) is 12.5 Å². The third-order valence-electron chi connectivity index (χ3n) is 4.86. The third kappa shape index (κ3) is 3.68. The largest absolute Gasteiger partial charge is 0.477 e. The van der Waals surface area contributed by atoms with Crippen LogP contribution in [0.3, 0.4) is 0 Å². The van der Waals surface area contributed by atoms with Crippen LogP contribution < -0.4 is 5.32 Å². The number of carbonyl (C=O) groups is 4. The molecule has 28 heavy (non-hydrogen) atoms. The average molecular weight is 416 g/mol. The maximum absolute atomic E-state index is 12.6. The van der Waals surface area contributed by atoms with Gasteiger partial charge < -0.3 is 19.9 Å². The second-order valence-electron chi connectivity index (χ2n) is 6.88. The SMILES string of the molecule is CC(=O)OCC1=C(C(=O)O)N2C(=O)[C@@H](NC(=O)OC3CCCC3)[C@H]2S(=O)(=O)C1. The van der Waals surface area contributed by atoms with Gasteiger partial charge in [-0.3, -0.25) is 14.5 Å². The van der Waals surface area contributed by atoms with Gasteiger partial charge >= 0.3 is 18.0 Å².